The Morgan fingerprint density at radius 1 is 1.16 bits per heavy atom. The first-order chi connectivity index (χ1) is 15.2. The number of nitrogens with one attached hydrogen (secondary N) is 1. The van der Waals surface area contributed by atoms with E-state index >= 15 is 0 Å². The Bertz CT molecular complexity index is 1270. The number of hydrogen-bond acceptors (Lipinski definition) is 3. The van der Waals surface area contributed by atoms with Crippen molar-refractivity contribution in [2.45, 2.75) is 39.3 Å². The zero-order chi connectivity index (χ0) is 23.0. The van der Waals surface area contributed by atoms with Crippen molar-refractivity contribution in [3.05, 3.63) is 76.3 Å². The molecule has 2 aromatic carbocycles. The van der Waals surface area contributed by atoms with Crippen LogP contribution >= 0.6 is 11.3 Å². The number of carbonyl (C=O) groups excluding carboxylic acids is 1. The number of rotatable bonds is 5. The van der Waals surface area contributed by atoms with E-state index < -0.39 is 11.7 Å². The van der Waals surface area contributed by atoms with E-state index in [-0.39, 0.29) is 5.91 Å². The fraction of sp³-hybridized carbons (Fsp3) is 0.250. The monoisotopic (exact) mass is 457 g/mol. The van der Waals surface area contributed by atoms with Crippen molar-refractivity contribution in [3.8, 4) is 5.69 Å². The summed E-state index contributed by atoms with van der Waals surface area (Å²) in [5.41, 5.74) is 2.10. The number of alkyl halides is 3. The predicted octanol–water partition coefficient (Wildman–Crippen LogP) is 7.18. The molecular weight excluding hydrogens is 435 g/mol. The molecule has 1 N–H and O–H groups in total. The molecule has 0 saturated heterocycles. The van der Waals surface area contributed by atoms with Crippen LogP contribution < -0.4 is 5.32 Å². The van der Waals surface area contributed by atoms with E-state index in [9.17, 15) is 18.0 Å². The van der Waals surface area contributed by atoms with Crippen LogP contribution in [0, 0.1) is 6.92 Å². The number of aryl methyl sites for hydroxylation is 1. The average Bonchev–Trinajstić information content (AvgIpc) is 3.34. The van der Waals surface area contributed by atoms with E-state index in [2.05, 4.69) is 24.3 Å². The summed E-state index contributed by atoms with van der Waals surface area (Å²) < 4.78 is 40.8. The number of fused-ring (bicyclic) bond motifs is 1. The molecule has 0 spiro atoms. The van der Waals surface area contributed by atoms with Gasteiger partial charge in [-0.15, -0.1) is 11.3 Å². The van der Waals surface area contributed by atoms with Gasteiger partial charge < -0.3 is 5.32 Å². The van der Waals surface area contributed by atoms with E-state index in [0.717, 1.165) is 23.9 Å². The number of halogens is 3. The molecule has 0 saturated carbocycles. The van der Waals surface area contributed by atoms with E-state index in [1.165, 1.54) is 27.6 Å². The molecule has 0 aliphatic heterocycles. The van der Waals surface area contributed by atoms with E-state index in [1.54, 1.807) is 19.1 Å². The van der Waals surface area contributed by atoms with Gasteiger partial charge in [-0.2, -0.15) is 18.3 Å². The molecule has 1 unspecified atom stereocenters. The second-order valence-electron chi connectivity index (χ2n) is 7.76. The van der Waals surface area contributed by atoms with Crippen LogP contribution in [0.5, 0.6) is 0 Å². The summed E-state index contributed by atoms with van der Waals surface area (Å²) in [7, 11) is 0. The lowest BCUT2D eigenvalue weighted by Gasteiger charge is -2.10. The van der Waals surface area contributed by atoms with Crippen molar-refractivity contribution in [2.75, 3.05) is 5.32 Å². The van der Waals surface area contributed by atoms with Crippen LogP contribution in [0.25, 0.3) is 15.9 Å². The third kappa shape index (κ3) is 4.27. The Morgan fingerprint density at radius 2 is 1.88 bits per heavy atom. The lowest BCUT2D eigenvalue weighted by atomic mass is 9.99. The molecule has 0 bridgehead atoms. The number of thiophene rings is 1. The summed E-state index contributed by atoms with van der Waals surface area (Å²) >= 11 is 1.20. The minimum atomic E-state index is -4.44. The van der Waals surface area contributed by atoms with Crippen LogP contribution in [0.1, 0.15) is 52.7 Å². The fourth-order valence-corrected chi connectivity index (χ4v) is 4.55. The lowest BCUT2D eigenvalue weighted by Crippen LogP contribution is -2.10. The predicted molar refractivity (Wildman–Crippen MR) is 122 cm³/mol. The van der Waals surface area contributed by atoms with Crippen molar-refractivity contribution in [1.29, 1.82) is 0 Å². The molecule has 0 aliphatic rings. The first-order valence-corrected chi connectivity index (χ1v) is 11.1. The van der Waals surface area contributed by atoms with Gasteiger partial charge in [0, 0.05) is 11.1 Å². The molecule has 4 aromatic rings. The van der Waals surface area contributed by atoms with Gasteiger partial charge in [-0.1, -0.05) is 32.0 Å². The zero-order valence-electron chi connectivity index (χ0n) is 17.8. The highest BCUT2D eigenvalue weighted by Gasteiger charge is 2.31. The Morgan fingerprint density at radius 3 is 2.53 bits per heavy atom. The minimum Gasteiger partial charge on any atom is -0.321 e. The summed E-state index contributed by atoms with van der Waals surface area (Å²) in [6, 6.07) is 14.5. The zero-order valence-corrected chi connectivity index (χ0v) is 18.6. The van der Waals surface area contributed by atoms with Gasteiger partial charge in [0.25, 0.3) is 5.91 Å². The topological polar surface area (TPSA) is 46.9 Å². The van der Waals surface area contributed by atoms with Gasteiger partial charge in [-0.05, 0) is 61.2 Å². The van der Waals surface area contributed by atoms with Gasteiger partial charge in [0.2, 0.25) is 0 Å². The fourth-order valence-electron chi connectivity index (χ4n) is 3.47. The number of nitrogens with zero attached hydrogens (tertiary/aromatic N) is 2. The molecule has 1 amide bonds. The van der Waals surface area contributed by atoms with Gasteiger partial charge in [-0.25, -0.2) is 4.68 Å². The molecule has 4 rings (SSSR count). The number of aromatic nitrogens is 2. The molecule has 0 radical (unpaired) electrons. The molecule has 0 fully saturated rings. The van der Waals surface area contributed by atoms with Crippen molar-refractivity contribution >= 4 is 33.1 Å². The second kappa shape index (κ2) is 8.43. The quantitative estimate of drug-likeness (QED) is 0.345. The van der Waals surface area contributed by atoms with Gasteiger partial charge in [-0.3, -0.25) is 4.79 Å². The van der Waals surface area contributed by atoms with Gasteiger partial charge in [0.15, 0.2) is 0 Å². The average molecular weight is 458 g/mol. The number of benzene rings is 2. The summed E-state index contributed by atoms with van der Waals surface area (Å²) in [4.78, 5) is 13.9. The van der Waals surface area contributed by atoms with Gasteiger partial charge in [0.05, 0.1) is 21.8 Å². The molecular formula is C24H22F3N3OS. The Hall–Kier alpha value is -3.13. The van der Waals surface area contributed by atoms with Crippen LogP contribution in [-0.4, -0.2) is 15.7 Å². The second-order valence-corrected chi connectivity index (χ2v) is 8.79. The molecule has 166 valence electrons. The lowest BCUT2D eigenvalue weighted by molar-refractivity contribution is -0.137. The third-order valence-electron chi connectivity index (χ3n) is 5.54. The molecule has 2 heterocycles. The summed E-state index contributed by atoms with van der Waals surface area (Å²) in [5, 5.41) is 8.02. The van der Waals surface area contributed by atoms with Crippen LogP contribution in [0.4, 0.5) is 18.9 Å². The van der Waals surface area contributed by atoms with E-state index in [1.807, 2.05) is 24.3 Å². The Kier molecular flexibility index (Phi) is 5.81. The van der Waals surface area contributed by atoms with Crippen molar-refractivity contribution < 1.29 is 18.0 Å². The molecule has 2 aromatic heterocycles. The Balaban J connectivity index is 1.63. The molecule has 0 aliphatic carbocycles. The number of anilines is 1. The summed E-state index contributed by atoms with van der Waals surface area (Å²) in [6.45, 7) is 6.06. The maximum absolute atomic E-state index is 13.1. The first-order valence-electron chi connectivity index (χ1n) is 10.3. The highest BCUT2D eigenvalue weighted by atomic mass is 32.1. The van der Waals surface area contributed by atoms with E-state index in [4.69, 9.17) is 0 Å². The summed E-state index contributed by atoms with van der Waals surface area (Å²) in [6.07, 6.45) is -3.40. The summed E-state index contributed by atoms with van der Waals surface area (Å²) in [5.74, 6) is 0.182. The first kappa shape index (κ1) is 22.1. The van der Waals surface area contributed by atoms with Gasteiger partial charge in [0.1, 0.15) is 4.83 Å². The number of amides is 1. The van der Waals surface area contributed by atoms with Crippen LogP contribution in [0.2, 0.25) is 0 Å². The van der Waals surface area contributed by atoms with Crippen molar-refractivity contribution in [2.24, 2.45) is 0 Å². The Labute approximate surface area is 187 Å². The SMILES string of the molecule is CCC(C)c1ccc(NC(=O)c2cc3c(C)nn(-c4cccc(C(F)(F)F)c4)c3s2)cc1. The van der Waals surface area contributed by atoms with Crippen molar-refractivity contribution in [3.63, 3.8) is 0 Å². The molecule has 32 heavy (non-hydrogen) atoms. The van der Waals surface area contributed by atoms with E-state index in [0.29, 0.717) is 32.7 Å². The number of carbonyl (C=O) groups is 1. The molecule has 8 heteroatoms. The standard InChI is InChI=1S/C24H22F3N3OS/c1-4-14(2)16-8-10-18(11-9-16)28-22(31)21-13-20-15(3)29-30(23(20)32-21)19-7-5-6-17(12-19)24(25,26)27/h5-14H,4H2,1-3H3,(H,28,31). The maximum atomic E-state index is 13.1. The largest absolute Gasteiger partial charge is 0.416 e. The highest BCUT2D eigenvalue weighted by molar-refractivity contribution is 7.20. The normalized spacial score (nSPS) is 12.8. The minimum absolute atomic E-state index is 0.266. The smallest absolute Gasteiger partial charge is 0.321 e. The third-order valence-corrected chi connectivity index (χ3v) is 6.65. The van der Waals surface area contributed by atoms with Crippen molar-refractivity contribution in [1.82, 2.24) is 9.78 Å². The van der Waals surface area contributed by atoms with Crippen LogP contribution in [-0.2, 0) is 6.18 Å². The molecule has 4 nitrogen and oxygen atoms in total. The van der Waals surface area contributed by atoms with Gasteiger partial charge >= 0.3 is 6.18 Å². The highest BCUT2D eigenvalue weighted by Crippen LogP contribution is 2.34. The van der Waals surface area contributed by atoms with Crippen LogP contribution in [0.3, 0.4) is 0 Å². The molecule has 1 atom stereocenters. The maximum Gasteiger partial charge on any atom is 0.416 e. The number of hydrogen-bond donors (Lipinski definition) is 1. The van der Waals surface area contributed by atoms with Crippen LogP contribution in [0.15, 0.2) is 54.6 Å².